The lowest BCUT2D eigenvalue weighted by atomic mass is 10.1. The summed E-state index contributed by atoms with van der Waals surface area (Å²) >= 11 is 5.23. The van der Waals surface area contributed by atoms with Crippen molar-refractivity contribution < 1.29 is 9.13 Å². The molecule has 7 heteroatoms. The SMILES string of the molecule is COc1ccccc1/C=N\n1c(Cc2ccc(F)cc2)n[nH]c1=S. The summed E-state index contributed by atoms with van der Waals surface area (Å²) in [5, 5.41) is 11.3. The van der Waals surface area contributed by atoms with Crippen molar-refractivity contribution in [3.05, 3.63) is 76.1 Å². The first kappa shape index (κ1) is 16.1. The van der Waals surface area contributed by atoms with Gasteiger partial charge in [-0.2, -0.15) is 14.9 Å². The van der Waals surface area contributed by atoms with Crippen molar-refractivity contribution in [2.45, 2.75) is 6.42 Å². The molecule has 1 N–H and O–H groups in total. The van der Waals surface area contributed by atoms with Gasteiger partial charge in [0, 0.05) is 12.0 Å². The minimum atomic E-state index is -0.271. The molecule has 1 heterocycles. The topological polar surface area (TPSA) is 55.2 Å². The number of aromatic nitrogens is 3. The van der Waals surface area contributed by atoms with Crippen molar-refractivity contribution in [1.82, 2.24) is 14.9 Å². The number of para-hydroxylation sites is 1. The number of methoxy groups -OCH3 is 1. The molecule has 0 unspecified atom stereocenters. The molecule has 5 nitrogen and oxygen atoms in total. The third kappa shape index (κ3) is 3.57. The van der Waals surface area contributed by atoms with E-state index >= 15 is 0 Å². The van der Waals surface area contributed by atoms with E-state index in [0.29, 0.717) is 17.0 Å². The van der Waals surface area contributed by atoms with Gasteiger partial charge in [0.15, 0.2) is 5.82 Å². The highest BCUT2D eigenvalue weighted by Crippen LogP contribution is 2.15. The van der Waals surface area contributed by atoms with Gasteiger partial charge in [-0.1, -0.05) is 24.3 Å². The van der Waals surface area contributed by atoms with Gasteiger partial charge in [-0.25, -0.2) is 4.39 Å². The number of aromatic amines is 1. The number of hydrogen-bond acceptors (Lipinski definition) is 4. The Labute approximate surface area is 143 Å². The molecule has 2 aromatic carbocycles. The predicted octanol–water partition coefficient (Wildman–Crippen LogP) is 3.56. The van der Waals surface area contributed by atoms with Crippen molar-refractivity contribution in [2.24, 2.45) is 5.10 Å². The molecule has 0 aliphatic carbocycles. The zero-order valence-electron chi connectivity index (χ0n) is 12.9. The summed E-state index contributed by atoms with van der Waals surface area (Å²) in [4.78, 5) is 0. The lowest BCUT2D eigenvalue weighted by Gasteiger charge is -2.04. The Morgan fingerprint density at radius 2 is 2.00 bits per heavy atom. The Morgan fingerprint density at radius 3 is 2.75 bits per heavy atom. The van der Waals surface area contributed by atoms with Gasteiger partial charge in [-0.15, -0.1) is 0 Å². The monoisotopic (exact) mass is 342 g/mol. The first-order valence-electron chi connectivity index (χ1n) is 7.25. The molecule has 0 aliphatic rings. The lowest BCUT2D eigenvalue weighted by Crippen LogP contribution is -2.01. The standard InChI is InChI=1S/C17H15FN4OS/c1-23-15-5-3-2-4-13(15)11-19-22-16(20-21-17(22)24)10-12-6-8-14(18)9-7-12/h2-9,11H,10H2,1H3,(H,21,24)/b19-11-. The first-order chi connectivity index (χ1) is 11.7. The number of ether oxygens (including phenoxy) is 1. The van der Waals surface area contributed by atoms with E-state index in [9.17, 15) is 4.39 Å². The van der Waals surface area contributed by atoms with Crippen LogP contribution < -0.4 is 4.74 Å². The van der Waals surface area contributed by atoms with E-state index in [-0.39, 0.29) is 5.82 Å². The molecule has 0 spiro atoms. The lowest BCUT2D eigenvalue weighted by molar-refractivity contribution is 0.414. The van der Waals surface area contributed by atoms with E-state index in [2.05, 4.69) is 15.3 Å². The summed E-state index contributed by atoms with van der Waals surface area (Å²) in [6.45, 7) is 0. The molecule has 0 fully saturated rings. The second-order valence-electron chi connectivity index (χ2n) is 5.05. The zero-order valence-corrected chi connectivity index (χ0v) is 13.8. The molecule has 0 atom stereocenters. The largest absolute Gasteiger partial charge is 0.496 e. The zero-order chi connectivity index (χ0) is 16.9. The summed E-state index contributed by atoms with van der Waals surface area (Å²) in [5.74, 6) is 1.08. The molecule has 0 saturated carbocycles. The van der Waals surface area contributed by atoms with Crippen LogP contribution in [0.25, 0.3) is 0 Å². The minimum absolute atomic E-state index is 0.271. The van der Waals surface area contributed by atoms with Crippen LogP contribution in [0.15, 0.2) is 53.6 Å². The summed E-state index contributed by atoms with van der Waals surface area (Å²) in [6.07, 6.45) is 2.15. The Kier molecular flexibility index (Phi) is 4.81. The molecule has 0 amide bonds. The highest BCUT2D eigenvalue weighted by molar-refractivity contribution is 7.71. The average Bonchev–Trinajstić information content (AvgIpc) is 2.95. The van der Waals surface area contributed by atoms with Crippen molar-refractivity contribution >= 4 is 18.4 Å². The quantitative estimate of drug-likeness (QED) is 0.570. The molecular formula is C17H15FN4OS. The fourth-order valence-corrected chi connectivity index (χ4v) is 2.43. The van der Waals surface area contributed by atoms with Crippen molar-refractivity contribution in [3.8, 4) is 5.75 Å². The van der Waals surface area contributed by atoms with E-state index in [1.807, 2.05) is 24.3 Å². The maximum absolute atomic E-state index is 13.0. The fraction of sp³-hybridized carbons (Fsp3) is 0.118. The first-order valence-corrected chi connectivity index (χ1v) is 7.66. The number of rotatable bonds is 5. The van der Waals surface area contributed by atoms with Gasteiger partial charge in [0.2, 0.25) is 4.77 Å². The summed E-state index contributed by atoms with van der Waals surface area (Å²) in [7, 11) is 1.61. The number of H-pyrrole nitrogens is 1. The number of nitrogens with zero attached hydrogens (tertiary/aromatic N) is 3. The minimum Gasteiger partial charge on any atom is -0.496 e. The molecule has 0 aliphatic heterocycles. The molecular weight excluding hydrogens is 327 g/mol. The molecule has 0 bridgehead atoms. The molecule has 24 heavy (non-hydrogen) atoms. The van der Waals surface area contributed by atoms with E-state index < -0.39 is 0 Å². The normalized spacial score (nSPS) is 11.1. The van der Waals surface area contributed by atoms with Crippen LogP contribution in [0.1, 0.15) is 17.0 Å². The maximum Gasteiger partial charge on any atom is 0.216 e. The van der Waals surface area contributed by atoms with E-state index in [0.717, 1.165) is 16.9 Å². The van der Waals surface area contributed by atoms with E-state index in [4.69, 9.17) is 17.0 Å². The summed E-state index contributed by atoms with van der Waals surface area (Å²) in [6, 6.07) is 13.8. The third-order valence-electron chi connectivity index (χ3n) is 3.44. The number of hydrogen-bond donors (Lipinski definition) is 1. The Balaban J connectivity index is 1.89. The highest BCUT2D eigenvalue weighted by Gasteiger charge is 2.07. The van der Waals surface area contributed by atoms with Crippen LogP contribution in [0.3, 0.4) is 0 Å². The van der Waals surface area contributed by atoms with Crippen LogP contribution in [0.2, 0.25) is 0 Å². The molecule has 0 saturated heterocycles. The van der Waals surface area contributed by atoms with E-state index in [1.165, 1.54) is 12.1 Å². The fourth-order valence-electron chi connectivity index (χ4n) is 2.24. The summed E-state index contributed by atoms with van der Waals surface area (Å²) in [5.41, 5.74) is 1.75. The van der Waals surface area contributed by atoms with Gasteiger partial charge >= 0.3 is 0 Å². The Hall–Kier alpha value is -2.80. The smallest absolute Gasteiger partial charge is 0.216 e. The highest BCUT2D eigenvalue weighted by atomic mass is 32.1. The van der Waals surface area contributed by atoms with Crippen LogP contribution in [0.5, 0.6) is 5.75 Å². The van der Waals surface area contributed by atoms with Gasteiger partial charge in [0.05, 0.1) is 13.3 Å². The van der Waals surface area contributed by atoms with Crippen LogP contribution in [-0.2, 0) is 6.42 Å². The number of halogens is 1. The van der Waals surface area contributed by atoms with Crippen molar-refractivity contribution in [2.75, 3.05) is 7.11 Å². The Morgan fingerprint density at radius 1 is 1.25 bits per heavy atom. The van der Waals surface area contributed by atoms with Crippen LogP contribution in [0, 0.1) is 10.6 Å². The summed E-state index contributed by atoms with van der Waals surface area (Å²) < 4.78 is 20.2. The number of nitrogens with one attached hydrogen (secondary N) is 1. The Bertz CT molecular complexity index is 915. The van der Waals surface area contributed by atoms with Crippen LogP contribution in [-0.4, -0.2) is 28.2 Å². The molecule has 3 aromatic rings. The molecule has 1 aromatic heterocycles. The van der Waals surface area contributed by atoms with Gasteiger partial charge in [0.25, 0.3) is 0 Å². The van der Waals surface area contributed by atoms with Crippen molar-refractivity contribution in [1.29, 1.82) is 0 Å². The third-order valence-corrected chi connectivity index (χ3v) is 3.71. The van der Waals surface area contributed by atoms with Crippen LogP contribution in [0.4, 0.5) is 4.39 Å². The van der Waals surface area contributed by atoms with Gasteiger partial charge in [-0.3, -0.25) is 5.10 Å². The second kappa shape index (κ2) is 7.18. The van der Waals surface area contributed by atoms with E-state index in [1.54, 1.807) is 30.1 Å². The van der Waals surface area contributed by atoms with Gasteiger partial charge in [0.1, 0.15) is 11.6 Å². The van der Waals surface area contributed by atoms with Crippen LogP contribution >= 0.6 is 12.2 Å². The molecule has 0 radical (unpaired) electrons. The predicted molar refractivity (Wildman–Crippen MR) is 92.6 cm³/mol. The number of benzene rings is 2. The molecule has 3 rings (SSSR count). The van der Waals surface area contributed by atoms with Crippen molar-refractivity contribution in [3.63, 3.8) is 0 Å². The molecule has 122 valence electrons. The average molecular weight is 342 g/mol. The second-order valence-corrected chi connectivity index (χ2v) is 5.43. The maximum atomic E-state index is 13.0. The van der Waals surface area contributed by atoms with Gasteiger partial charge < -0.3 is 4.74 Å². The van der Waals surface area contributed by atoms with Gasteiger partial charge in [-0.05, 0) is 42.0 Å².